The zero-order valence-corrected chi connectivity index (χ0v) is 8.21. The van der Waals surface area contributed by atoms with Gasteiger partial charge in [-0.05, 0) is 26.3 Å². The Labute approximate surface area is 77.0 Å². The van der Waals surface area contributed by atoms with Crippen LogP contribution in [0.4, 0.5) is 0 Å². The van der Waals surface area contributed by atoms with Crippen molar-refractivity contribution in [3.05, 3.63) is 15.6 Å². The van der Waals surface area contributed by atoms with E-state index in [0.29, 0.717) is 0 Å². The Balaban J connectivity index is 2.05. The highest BCUT2D eigenvalue weighted by Crippen LogP contribution is 2.27. The van der Waals surface area contributed by atoms with Crippen LogP contribution in [0.1, 0.15) is 22.0 Å². The van der Waals surface area contributed by atoms with Crippen LogP contribution >= 0.6 is 11.3 Å². The molecule has 2 rings (SSSR count). The summed E-state index contributed by atoms with van der Waals surface area (Å²) < 4.78 is 0. The van der Waals surface area contributed by atoms with Gasteiger partial charge in [-0.2, -0.15) is 0 Å². The fraction of sp³-hybridized carbons (Fsp3) is 0.667. The first kappa shape index (κ1) is 8.20. The third-order valence-electron chi connectivity index (χ3n) is 2.23. The van der Waals surface area contributed by atoms with Crippen molar-refractivity contribution in [2.75, 3.05) is 13.6 Å². The van der Waals surface area contributed by atoms with Gasteiger partial charge < -0.3 is 5.32 Å². The molecule has 3 heteroatoms. The quantitative estimate of drug-likeness (QED) is 0.764. The van der Waals surface area contributed by atoms with Crippen molar-refractivity contribution < 1.29 is 0 Å². The molecule has 0 atom stereocenters. The van der Waals surface area contributed by atoms with Crippen LogP contribution in [-0.2, 0) is 19.3 Å². The predicted octanol–water partition coefficient (Wildman–Crippen LogP) is 1.39. The van der Waals surface area contributed by atoms with Crippen molar-refractivity contribution in [2.45, 2.75) is 25.7 Å². The molecule has 0 unspecified atom stereocenters. The molecule has 66 valence electrons. The second-order valence-electron chi connectivity index (χ2n) is 3.18. The van der Waals surface area contributed by atoms with Crippen molar-refractivity contribution in [3.63, 3.8) is 0 Å². The fourth-order valence-electron chi connectivity index (χ4n) is 1.58. The molecule has 0 saturated heterocycles. The molecule has 1 N–H and O–H groups in total. The maximum absolute atomic E-state index is 4.61. The van der Waals surface area contributed by atoms with Crippen LogP contribution in [0.25, 0.3) is 0 Å². The Morgan fingerprint density at radius 1 is 1.50 bits per heavy atom. The van der Waals surface area contributed by atoms with Crippen LogP contribution in [0.15, 0.2) is 0 Å². The van der Waals surface area contributed by atoms with Crippen molar-refractivity contribution in [2.24, 2.45) is 0 Å². The molecular weight excluding hydrogens is 168 g/mol. The lowest BCUT2D eigenvalue weighted by atomic mass is 10.3. The van der Waals surface area contributed by atoms with E-state index in [0.717, 1.165) is 13.0 Å². The predicted molar refractivity (Wildman–Crippen MR) is 51.8 cm³/mol. The molecule has 0 radical (unpaired) electrons. The minimum Gasteiger partial charge on any atom is -0.319 e. The fourth-order valence-corrected chi connectivity index (χ4v) is 2.74. The third kappa shape index (κ3) is 1.52. The van der Waals surface area contributed by atoms with E-state index in [1.807, 2.05) is 18.4 Å². The van der Waals surface area contributed by atoms with Gasteiger partial charge in [0.2, 0.25) is 0 Å². The zero-order valence-electron chi connectivity index (χ0n) is 7.39. The second kappa shape index (κ2) is 3.54. The van der Waals surface area contributed by atoms with Crippen LogP contribution in [-0.4, -0.2) is 18.6 Å². The Morgan fingerprint density at radius 3 is 3.17 bits per heavy atom. The molecular formula is C9H14N2S. The Morgan fingerprint density at radius 2 is 2.42 bits per heavy atom. The minimum absolute atomic E-state index is 1.05. The summed E-state index contributed by atoms with van der Waals surface area (Å²) in [5, 5.41) is 4.46. The molecule has 1 aromatic heterocycles. The summed E-state index contributed by atoms with van der Waals surface area (Å²) in [5.41, 5.74) is 1.38. The summed E-state index contributed by atoms with van der Waals surface area (Å²) in [6, 6.07) is 0. The van der Waals surface area contributed by atoms with Crippen LogP contribution in [0.5, 0.6) is 0 Å². The van der Waals surface area contributed by atoms with Crippen LogP contribution < -0.4 is 5.32 Å². The number of fused-ring (bicyclic) bond motifs is 1. The van der Waals surface area contributed by atoms with E-state index in [2.05, 4.69) is 10.3 Å². The summed E-state index contributed by atoms with van der Waals surface area (Å²) in [6.07, 6.45) is 4.90. The van der Waals surface area contributed by atoms with Gasteiger partial charge in [0.15, 0.2) is 0 Å². The van der Waals surface area contributed by atoms with Crippen molar-refractivity contribution in [1.29, 1.82) is 0 Å². The molecule has 1 aliphatic carbocycles. The van der Waals surface area contributed by atoms with E-state index in [9.17, 15) is 0 Å². The molecule has 1 aliphatic rings. The lowest BCUT2D eigenvalue weighted by molar-refractivity contribution is 0.782. The molecule has 2 nitrogen and oxygen atoms in total. The molecule has 0 aliphatic heterocycles. The highest BCUT2D eigenvalue weighted by Gasteiger charge is 2.15. The summed E-state index contributed by atoms with van der Waals surface area (Å²) in [4.78, 5) is 6.15. The largest absolute Gasteiger partial charge is 0.319 e. The van der Waals surface area contributed by atoms with Gasteiger partial charge in [0.05, 0.1) is 10.7 Å². The summed E-state index contributed by atoms with van der Waals surface area (Å²) in [5.74, 6) is 0. The Kier molecular flexibility index (Phi) is 2.42. The monoisotopic (exact) mass is 182 g/mol. The SMILES string of the molecule is CNCCc1nc2c(s1)CCC2. The Bertz CT molecular complexity index is 246. The molecule has 0 aromatic carbocycles. The summed E-state index contributed by atoms with van der Waals surface area (Å²) in [6.45, 7) is 1.05. The first-order chi connectivity index (χ1) is 5.90. The smallest absolute Gasteiger partial charge is 0.0943 e. The molecule has 0 amide bonds. The lowest BCUT2D eigenvalue weighted by Gasteiger charge is -1.93. The van der Waals surface area contributed by atoms with Gasteiger partial charge in [0.25, 0.3) is 0 Å². The van der Waals surface area contributed by atoms with Crippen LogP contribution in [0.2, 0.25) is 0 Å². The average Bonchev–Trinajstić information content (AvgIpc) is 2.58. The van der Waals surface area contributed by atoms with Gasteiger partial charge in [0.1, 0.15) is 0 Å². The number of likely N-dealkylation sites (N-methyl/N-ethyl adjacent to an activating group) is 1. The van der Waals surface area contributed by atoms with E-state index >= 15 is 0 Å². The first-order valence-corrected chi connectivity index (χ1v) is 5.34. The number of aryl methyl sites for hydroxylation is 2. The van der Waals surface area contributed by atoms with Gasteiger partial charge in [-0.25, -0.2) is 4.98 Å². The van der Waals surface area contributed by atoms with E-state index < -0.39 is 0 Å². The maximum atomic E-state index is 4.61. The lowest BCUT2D eigenvalue weighted by Crippen LogP contribution is -2.10. The second-order valence-corrected chi connectivity index (χ2v) is 4.35. The molecule has 1 heterocycles. The van der Waals surface area contributed by atoms with E-state index in [4.69, 9.17) is 0 Å². The van der Waals surface area contributed by atoms with E-state index in [1.54, 1.807) is 4.88 Å². The minimum atomic E-state index is 1.05. The molecule has 1 aromatic rings. The van der Waals surface area contributed by atoms with Gasteiger partial charge in [-0.1, -0.05) is 0 Å². The van der Waals surface area contributed by atoms with Crippen molar-refractivity contribution in [1.82, 2.24) is 10.3 Å². The summed E-state index contributed by atoms with van der Waals surface area (Å²) in [7, 11) is 1.99. The number of rotatable bonds is 3. The highest BCUT2D eigenvalue weighted by atomic mass is 32.1. The van der Waals surface area contributed by atoms with E-state index in [-0.39, 0.29) is 0 Å². The van der Waals surface area contributed by atoms with Crippen LogP contribution in [0.3, 0.4) is 0 Å². The van der Waals surface area contributed by atoms with E-state index in [1.165, 1.54) is 30.0 Å². The maximum Gasteiger partial charge on any atom is 0.0943 e. The zero-order chi connectivity index (χ0) is 8.39. The van der Waals surface area contributed by atoms with Gasteiger partial charge in [-0.15, -0.1) is 11.3 Å². The number of nitrogens with one attached hydrogen (secondary N) is 1. The first-order valence-electron chi connectivity index (χ1n) is 4.52. The standard InChI is InChI=1S/C9H14N2S/c1-10-6-5-9-11-7-3-2-4-8(7)12-9/h10H,2-6H2,1H3. The number of hydrogen-bond acceptors (Lipinski definition) is 3. The number of aromatic nitrogens is 1. The number of hydrogen-bond donors (Lipinski definition) is 1. The van der Waals surface area contributed by atoms with Gasteiger partial charge in [-0.3, -0.25) is 0 Å². The molecule has 0 fully saturated rings. The van der Waals surface area contributed by atoms with Gasteiger partial charge in [0, 0.05) is 17.8 Å². The Hall–Kier alpha value is -0.410. The van der Waals surface area contributed by atoms with Gasteiger partial charge >= 0.3 is 0 Å². The topological polar surface area (TPSA) is 24.9 Å². The summed E-state index contributed by atoms with van der Waals surface area (Å²) >= 11 is 1.91. The number of thiazole rings is 1. The molecule has 0 saturated carbocycles. The third-order valence-corrected chi connectivity index (χ3v) is 3.45. The number of nitrogens with zero attached hydrogens (tertiary/aromatic N) is 1. The van der Waals surface area contributed by atoms with Crippen molar-refractivity contribution >= 4 is 11.3 Å². The molecule has 12 heavy (non-hydrogen) atoms. The van der Waals surface area contributed by atoms with Crippen LogP contribution in [0, 0.1) is 0 Å². The normalized spacial score (nSPS) is 15.1. The average molecular weight is 182 g/mol. The molecule has 0 bridgehead atoms. The van der Waals surface area contributed by atoms with Crippen molar-refractivity contribution in [3.8, 4) is 0 Å². The molecule has 0 spiro atoms. The highest BCUT2D eigenvalue weighted by molar-refractivity contribution is 7.11.